The fourth-order valence-corrected chi connectivity index (χ4v) is 1.49. The van der Waals surface area contributed by atoms with Crippen molar-refractivity contribution in [2.45, 2.75) is 27.2 Å². The van der Waals surface area contributed by atoms with E-state index in [2.05, 4.69) is 26.0 Å². The molecule has 15 heavy (non-hydrogen) atoms. The van der Waals surface area contributed by atoms with Gasteiger partial charge >= 0.3 is 0 Å². The Balaban J connectivity index is 2.64. The van der Waals surface area contributed by atoms with Crippen molar-refractivity contribution >= 4 is 0 Å². The Hall–Kier alpha value is -1.02. The molecule has 0 aliphatic carbocycles. The topological polar surface area (TPSA) is 35.2 Å². The standard InChI is InChI=1S/C13H21NO/c1-4-15-12-7-5-11(6-8-12)9-13(2,3)10-14/h5-8H,4,9-10,14H2,1-3H3. The van der Waals surface area contributed by atoms with Gasteiger partial charge in [-0.3, -0.25) is 0 Å². The first-order chi connectivity index (χ1) is 7.07. The number of rotatable bonds is 5. The number of benzene rings is 1. The average Bonchev–Trinajstić information content (AvgIpc) is 2.21. The average molecular weight is 207 g/mol. The number of hydrogen-bond donors (Lipinski definition) is 1. The predicted octanol–water partition coefficient (Wildman–Crippen LogP) is 2.61. The van der Waals surface area contributed by atoms with Gasteiger partial charge in [-0.15, -0.1) is 0 Å². The molecule has 0 fully saturated rings. The zero-order valence-electron chi connectivity index (χ0n) is 9.92. The first-order valence-corrected chi connectivity index (χ1v) is 5.49. The normalized spacial score (nSPS) is 11.5. The minimum absolute atomic E-state index is 0.174. The molecule has 2 nitrogen and oxygen atoms in total. The van der Waals surface area contributed by atoms with Crippen LogP contribution in [0.5, 0.6) is 5.75 Å². The van der Waals surface area contributed by atoms with Crippen molar-refractivity contribution in [3.63, 3.8) is 0 Å². The van der Waals surface area contributed by atoms with Gasteiger partial charge in [0.2, 0.25) is 0 Å². The summed E-state index contributed by atoms with van der Waals surface area (Å²) in [5, 5.41) is 0. The largest absolute Gasteiger partial charge is 0.494 e. The quantitative estimate of drug-likeness (QED) is 0.805. The van der Waals surface area contributed by atoms with Gasteiger partial charge in [-0.1, -0.05) is 26.0 Å². The molecule has 0 aliphatic rings. The van der Waals surface area contributed by atoms with Crippen molar-refractivity contribution in [3.8, 4) is 5.75 Å². The maximum atomic E-state index is 5.71. The fraction of sp³-hybridized carbons (Fsp3) is 0.538. The molecule has 0 unspecified atom stereocenters. The molecule has 0 spiro atoms. The van der Waals surface area contributed by atoms with Crippen molar-refractivity contribution in [1.82, 2.24) is 0 Å². The summed E-state index contributed by atoms with van der Waals surface area (Å²) in [5.41, 5.74) is 7.19. The summed E-state index contributed by atoms with van der Waals surface area (Å²) in [6.45, 7) is 7.78. The van der Waals surface area contributed by atoms with Crippen LogP contribution in [0.4, 0.5) is 0 Å². The minimum Gasteiger partial charge on any atom is -0.494 e. The summed E-state index contributed by atoms with van der Waals surface area (Å²) < 4.78 is 5.39. The summed E-state index contributed by atoms with van der Waals surface area (Å²) in [7, 11) is 0. The van der Waals surface area contributed by atoms with Crippen LogP contribution in [0.2, 0.25) is 0 Å². The molecule has 0 bridgehead atoms. The Morgan fingerprint density at radius 2 is 1.80 bits per heavy atom. The van der Waals surface area contributed by atoms with E-state index < -0.39 is 0 Å². The van der Waals surface area contributed by atoms with Crippen molar-refractivity contribution in [2.75, 3.05) is 13.2 Å². The highest BCUT2D eigenvalue weighted by Crippen LogP contribution is 2.21. The van der Waals surface area contributed by atoms with Crippen LogP contribution in [0.1, 0.15) is 26.3 Å². The van der Waals surface area contributed by atoms with Crippen molar-refractivity contribution in [3.05, 3.63) is 29.8 Å². The molecule has 1 aromatic carbocycles. The van der Waals surface area contributed by atoms with E-state index >= 15 is 0 Å². The molecule has 0 radical (unpaired) electrons. The summed E-state index contributed by atoms with van der Waals surface area (Å²) in [5.74, 6) is 0.937. The van der Waals surface area contributed by atoms with Crippen LogP contribution < -0.4 is 10.5 Å². The Labute approximate surface area is 92.4 Å². The van der Waals surface area contributed by atoms with Gasteiger partial charge in [-0.05, 0) is 43.0 Å². The lowest BCUT2D eigenvalue weighted by molar-refractivity contribution is 0.339. The van der Waals surface area contributed by atoms with E-state index in [-0.39, 0.29) is 5.41 Å². The maximum absolute atomic E-state index is 5.71. The van der Waals surface area contributed by atoms with E-state index in [1.807, 2.05) is 19.1 Å². The molecule has 1 aromatic rings. The third-order valence-corrected chi connectivity index (χ3v) is 2.47. The monoisotopic (exact) mass is 207 g/mol. The Morgan fingerprint density at radius 1 is 1.20 bits per heavy atom. The predicted molar refractivity (Wildman–Crippen MR) is 64.2 cm³/mol. The molecule has 0 aliphatic heterocycles. The summed E-state index contributed by atoms with van der Waals surface area (Å²) >= 11 is 0. The van der Waals surface area contributed by atoms with Gasteiger partial charge in [-0.25, -0.2) is 0 Å². The van der Waals surface area contributed by atoms with Crippen LogP contribution >= 0.6 is 0 Å². The van der Waals surface area contributed by atoms with Crippen LogP contribution in [-0.4, -0.2) is 13.2 Å². The maximum Gasteiger partial charge on any atom is 0.119 e. The highest BCUT2D eigenvalue weighted by molar-refractivity contribution is 5.27. The molecule has 0 heterocycles. The van der Waals surface area contributed by atoms with Gasteiger partial charge in [0.1, 0.15) is 5.75 Å². The summed E-state index contributed by atoms with van der Waals surface area (Å²) in [6.07, 6.45) is 1.01. The first kappa shape index (κ1) is 12.1. The fourth-order valence-electron chi connectivity index (χ4n) is 1.49. The highest BCUT2D eigenvalue weighted by atomic mass is 16.5. The SMILES string of the molecule is CCOc1ccc(CC(C)(C)CN)cc1. The second kappa shape index (κ2) is 5.17. The van der Waals surface area contributed by atoms with Gasteiger partial charge in [0.05, 0.1) is 6.61 Å². The smallest absolute Gasteiger partial charge is 0.119 e. The van der Waals surface area contributed by atoms with Crippen molar-refractivity contribution < 1.29 is 4.74 Å². The second-order valence-corrected chi connectivity index (χ2v) is 4.62. The highest BCUT2D eigenvalue weighted by Gasteiger charge is 2.15. The van der Waals surface area contributed by atoms with E-state index in [4.69, 9.17) is 10.5 Å². The van der Waals surface area contributed by atoms with Gasteiger partial charge in [0.15, 0.2) is 0 Å². The van der Waals surface area contributed by atoms with Crippen molar-refractivity contribution in [2.24, 2.45) is 11.1 Å². The molecular formula is C13H21NO. The number of hydrogen-bond acceptors (Lipinski definition) is 2. The van der Waals surface area contributed by atoms with Crippen LogP contribution in [0.3, 0.4) is 0 Å². The molecule has 0 amide bonds. The Morgan fingerprint density at radius 3 is 2.27 bits per heavy atom. The lowest BCUT2D eigenvalue weighted by Gasteiger charge is -2.22. The Bertz CT molecular complexity index is 290. The van der Waals surface area contributed by atoms with E-state index in [9.17, 15) is 0 Å². The summed E-state index contributed by atoms with van der Waals surface area (Å²) in [4.78, 5) is 0. The van der Waals surface area contributed by atoms with E-state index in [0.717, 1.165) is 12.2 Å². The number of ether oxygens (including phenoxy) is 1. The number of nitrogens with two attached hydrogens (primary N) is 1. The minimum atomic E-state index is 0.174. The van der Waals surface area contributed by atoms with E-state index in [1.54, 1.807) is 0 Å². The molecule has 2 heteroatoms. The molecule has 0 saturated heterocycles. The van der Waals surface area contributed by atoms with Gasteiger partial charge in [-0.2, -0.15) is 0 Å². The van der Waals surface area contributed by atoms with E-state index in [0.29, 0.717) is 13.2 Å². The third kappa shape index (κ3) is 3.92. The second-order valence-electron chi connectivity index (χ2n) is 4.62. The third-order valence-electron chi connectivity index (χ3n) is 2.47. The van der Waals surface area contributed by atoms with Crippen LogP contribution in [0.25, 0.3) is 0 Å². The molecular weight excluding hydrogens is 186 g/mol. The van der Waals surface area contributed by atoms with Gasteiger partial charge in [0, 0.05) is 0 Å². The zero-order valence-corrected chi connectivity index (χ0v) is 9.92. The van der Waals surface area contributed by atoms with Crippen LogP contribution in [-0.2, 0) is 6.42 Å². The molecule has 84 valence electrons. The molecule has 1 rings (SSSR count). The first-order valence-electron chi connectivity index (χ1n) is 5.49. The van der Waals surface area contributed by atoms with Gasteiger partial charge < -0.3 is 10.5 Å². The van der Waals surface area contributed by atoms with Gasteiger partial charge in [0.25, 0.3) is 0 Å². The summed E-state index contributed by atoms with van der Waals surface area (Å²) in [6, 6.07) is 8.27. The molecule has 2 N–H and O–H groups in total. The van der Waals surface area contributed by atoms with Crippen LogP contribution in [0, 0.1) is 5.41 Å². The van der Waals surface area contributed by atoms with Crippen LogP contribution in [0.15, 0.2) is 24.3 Å². The lowest BCUT2D eigenvalue weighted by atomic mass is 9.86. The molecule has 0 saturated carbocycles. The van der Waals surface area contributed by atoms with E-state index in [1.165, 1.54) is 5.56 Å². The Kier molecular flexibility index (Phi) is 4.15. The molecule has 0 aromatic heterocycles. The lowest BCUT2D eigenvalue weighted by Crippen LogP contribution is -2.25. The zero-order chi connectivity index (χ0) is 11.3. The van der Waals surface area contributed by atoms with Crippen molar-refractivity contribution in [1.29, 1.82) is 0 Å². The molecule has 0 atom stereocenters.